The van der Waals surface area contributed by atoms with Gasteiger partial charge in [-0.05, 0) is 24.3 Å². The van der Waals surface area contributed by atoms with E-state index in [4.69, 9.17) is 16.9 Å². The average Bonchev–Trinajstić information content (AvgIpc) is 2.46. The summed E-state index contributed by atoms with van der Waals surface area (Å²) in [5.41, 5.74) is 0.767. The van der Waals surface area contributed by atoms with Crippen LogP contribution in [0.4, 0.5) is 5.69 Å². The zero-order valence-electron chi connectivity index (χ0n) is 10.2. The molecule has 5 nitrogen and oxygen atoms in total. The second kappa shape index (κ2) is 6.89. The number of carbonyl (C=O) groups excluding carboxylic acids is 1. The smallest absolute Gasteiger partial charge is 0.234 e. The molecular formula is C13H9ClN4OS. The van der Waals surface area contributed by atoms with E-state index in [1.807, 2.05) is 6.07 Å². The van der Waals surface area contributed by atoms with Crippen LogP contribution >= 0.6 is 23.4 Å². The molecule has 7 heteroatoms. The van der Waals surface area contributed by atoms with E-state index in [1.54, 1.807) is 36.7 Å². The molecule has 0 spiro atoms. The SMILES string of the molecule is N#Cc1ccc(Cl)cc1NC(=O)CSc1ncccn1. The number of nitrogens with one attached hydrogen (secondary N) is 1. The lowest BCUT2D eigenvalue weighted by Crippen LogP contribution is -2.15. The molecule has 0 fully saturated rings. The van der Waals surface area contributed by atoms with Gasteiger partial charge in [-0.1, -0.05) is 23.4 Å². The number of benzene rings is 1. The third kappa shape index (κ3) is 3.95. The Morgan fingerprint density at radius 3 is 2.85 bits per heavy atom. The van der Waals surface area contributed by atoms with Crippen LogP contribution in [0.15, 0.2) is 41.8 Å². The monoisotopic (exact) mass is 304 g/mol. The maximum Gasteiger partial charge on any atom is 0.234 e. The number of nitriles is 1. The van der Waals surface area contributed by atoms with Gasteiger partial charge in [0.05, 0.1) is 17.0 Å². The fourth-order valence-corrected chi connectivity index (χ4v) is 2.17. The molecule has 100 valence electrons. The minimum atomic E-state index is -0.249. The summed E-state index contributed by atoms with van der Waals surface area (Å²) in [5, 5.41) is 12.6. The van der Waals surface area contributed by atoms with E-state index in [0.29, 0.717) is 21.4 Å². The minimum Gasteiger partial charge on any atom is -0.324 e. The van der Waals surface area contributed by atoms with Crippen LogP contribution in [0.25, 0.3) is 0 Å². The summed E-state index contributed by atoms with van der Waals surface area (Å²) < 4.78 is 0. The standard InChI is InChI=1S/C13H9ClN4OS/c14-10-3-2-9(7-15)11(6-10)18-12(19)8-20-13-16-4-1-5-17-13/h1-6H,8H2,(H,18,19). The number of anilines is 1. The van der Waals surface area contributed by atoms with Crippen molar-refractivity contribution in [1.29, 1.82) is 5.26 Å². The van der Waals surface area contributed by atoms with E-state index in [2.05, 4.69) is 15.3 Å². The van der Waals surface area contributed by atoms with Crippen LogP contribution in [0.1, 0.15) is 5.56 Å². The second-order valence-corrected chi connectivity index (χ2v) is 5.05. The summed E-state index contributed by atoms with van der Waals surface area (Å²) in [6.07, 6.45) is 3.22. The molecule has 0 aliphatic carbocycles. The maximum absolute atomic E-state index is 11.8. The highest BCUT2D eigenvalue weighted by atomic mass is 35.5. The molecule has 20 heavy (non-hydrogen) atoms. The number of amides is 1. The number of rotatable bonds is 4. The van der Waals surface area contributed by atoms with Crippen molar-refractivity contribution in [2.45, 2.75) is 5.16 Å². The summed E-state index contributed by atoms with van der Waals surface area (Å²) in [7, 11) is 0. The molecule has 2 rings (SSSR count). The number of thioether (sulfide) groups is 1. The lowest BCUT2D eigenvalue weighted by molar-refractivity contribution is -0.113. The van der Waals surface area contributed by atoms with Crippen molar-refractivity contribution in [3.8, 4) is 6.07 Å². The Balaban J connectivity index is 1.98. The molecule has 1 aromatic carbocycles. The van der Waals surface area contributed by atoms with E-state index in [1.165, 1.54) is 11.8 Å². The van der Waals surface area contributed by atoms with Crippen LogP contribution in [-0.4, -0.2) is 21.6 Å². The van der Waals surface area contributed by atoms with E-state index >= 15 is 0 Å². The predicted molar refractivity (Wildman–Crippen MR) is 77.6 cm³/mol. The molecule has 0 saturated heterocycles. The van der Waals surface area contributed by atoms with E-state index < -0.39 is 0 Å². The molecule has 0 radical (unpaired) electrons. The summed E-state index contributed by atoms with van der Waals surface area (Å²) in [6.45, 7) is 0. The van der Waals surface area contributed by atoms with Crippen LogP contribution in [0.5, 0.6) is 0 Å². The van der Waals surface area contributed by atoms with Crippen molar-refractivity contribution in [3.63, 3.8) is 0 Å². The minimum absolute atomic E-state index is 0.154. The van der Waals surface area contributed by atoms with Crippen LogP contribution in [0, 0.1) is 11.3 Å². The van der Waals surface area contributed by atoms with Crippen LogP contribution < -0.4 is 5.32 Å². The Morgan fingerprint density at radius 2 is 2.15 bits per heavy atom. The Kier molecular flexibility index (Phi) is 4.93. The fraction of sp³-hybridized carbons (Fsp3) is 0.0769. The quantitative estimate of drug-likeness (QED) is 0.694. The van der Waals surface area contributed by atoms with Crippen molar-refractivity contribution >= 4 is 35.0 Å². The summed E-state index contributed by atoms with van der Waals surface area (Å²) >= 11 is 7.06. The lowest BCUT2D eigenvalue weighted by Gasteiger charge is -2.06. The van der Waals surface area contributed by atoms with Crippen molar-refractivity contribution in [1.82, 2.24) is 9.97 Å². The average molecular weight is 305 g/mol. The maximum atomic E-state index is 11.8. The Bertz CT molecular complexity index is 657. The third-order valence-corrected chi connectivity index (χ3v) is 3.36. The van der Waals surface area contributed by atoms with Crippen LogP contribution in [0.2, 0.25) is 5.02 Å². The first kappa shape index (κ1) is 14.3. The van der Waals surface area contributed by atoms with Gasteiger partial charge in [0.2, 0.25) is 5.91 Å². The van der Waals surface area contributed by atoms with Crippen molar-refractivity contribution in [2.75, 3.05) is 11.1 Å². The number of halogens is 1. The molecule has 1 aromatic heterocycles. The molecule has 1 N–H and O–H groups in total. The number of nitrogens with zero attached hydrogens (tertiary/aromatic N) is 3. The van der Waals surface area contributed by atoms with Gasteiger partial charge in [-0.15, -0.1) is 0 Å². The first-order valence-corrected chi connectivity index (χ1v) is 6.94. The van der Waals surface area contributed by atoms with Gasteiger partial charge in [0.25, 0.3) is 0 Å². The molecule has 0 atom stereocenters. The highest BCUT2D eigenvalue weighted by molar-refractivity contribution is 7.99. The van der Waals surface area contributed by atoms with Crippen molar-refractivity contribution < 1.29 is 4.79 Å². The largest absolute Gasteiger partial charge is 0.324 e. The molecule has 2 aromatic rings. The molecule has 0 aliphatic heterocycles. The predicted octanol–water partition coefficient (Wildman–Crippen LogP) is 2.73. The molecular weight excluding hydrogens is 296 g/mol. The number of aromatic nitrogens is 2. The van der Waals surface area contributed by atoms with Crippen molar-refractivity contribution in [3.05, 3.63) is 47.2 Å². The first-order chi connectivity index (χ1) is 9.69. The highest BCUT2D eigenvalue weighted by Gasteiger charge is 2.09. The van der Waals surface area contributed by atoms with E-state index in [0.717, 1.165) is 0 Å². The molecule has 0 saturated carbocycles. The highest BCUT2D eigenvalue weighted by Crippen LogP contribution is 2.21. The Morgan fingerprint density at radius 1 is 1.40 bits per heavy atom. The van der Waals surface area contributed by atoms with Gasteiger partial charge < -0.3 is 5.32 Å². The van der Waals surface area contributed by atoms with Gasteiger partial charge in [-0.25, -0.2) is 9.97 Å². The fourth-order valence-electron chi connectivity index (χ4n) is 1.39. The molecule has 0 aliphatic rings. The van der Waals surface area contributed by atoms with Crippen molar-refractivity contribution in [2.24, 2.45) is 0 Å². The zero-order chi connectivity index (χ0) is 14.4. The first-order valence-electron chi connectivity index (χ1n) is 5.58. The number of carbonyl (C=O) groups is 1. The van der Waals surface area contributed by atoms with Gasteiger partial charge in [0, 0.05) is 17.4 Å². The van der Waals surface area contributed by atoms with Gasteiger partial charge in [-0.3, -0.25) is 4.79 Å². The zero-order valence-corrected chi connectivity index (χ0v) is 11.8. The molecule has 1 heterocycles. The van der Waals surface area contributed by atoms with Gasteiger partial charge in [-0.2, -0.15) is 5.26 Å². The normalized spacial score (nSPS) is 9.80. The molecule has 0 bridgehead atoms. The topological polar surface area (TPSA) is 78.7 Å². The van der Waals surface area contributed by atoms with Gasteiger partial charge in [0.15, 0.2) is 5.16 Å². The number of hydrogen-bond acceptors (Lipinski definition) is 5. The lowest BCUT2D eigenvalue weighted by atomic mass is 10.2. The van der Waals surface area contributed by atoms with Crippen LogP contribution in [0.3, 0.4) is 0 Å². The van der Waals surface area contributed by atoms with Gasteiger partial charge >= 0.3 is 0 Å². The van der Waals surface area contributed by atoms with E-state index in [-0.39, 0.29) is 11.7 Å². The van der Waals surface area contributed by atoms with Crippen LogP contribution in [-0.2, 0) is 4.79 Å². The summed E-state index contributed by atoms with van der Waals surface area (Å²) in [5.74, 6) is -0.0947. The van der Waals surface area contributed by atoms with E-state index in [9.17, 15) is 4.79 Å². The summed E-state index contributed by atoms with van der Waals surface area (Å²) in [6, 6.07) is 8.40. The number of hydrogen-bond donors (Lipinski definition) is 1. The Hall–Kier alpha value is -2.10. The Labute approximate surface area is 125 Å². The molecule has 1 amide bonds. The second-order valence-electron chi connectivity index (χ2n) is 3.67. The van der Waals surface area contributed by atoms with Gasteiger partial charge in [0.1, 0.15) is 6.07 Å². The summed E-state index contributed by atoms with van der Waals surface area (Å²) in [4.78, 5) is 19.8. The molecule has 0 unspecified atom stereocenters. The third-order valence-electron chi connectivity index (χ3n) is 2.25.